The van der Waals surface area contributed by atoms with Crippen molar-refractivity contribution in [2.75, 3.05) is 25.0 Å². The van der Waals surface area contributed by atoms with Gasteiger partial charge < -0.3 is 10.2 Å². The molecule has 2 heterocycles. The van der Waals surface area contributed by atoms with Gasteiger partial charge in [0, 0.05) is 42.8 Å². The summed E-state index contributed by atoms with van der Waals surface area (Å²) in [6, 6.07) is 9.66. The van der Waals surface area contributed by atoms with Gasteiger partial charge in [-0.2, -0.15) is 0 Å². The maximum absolute atomic E-state index is 12.1. The molecule has 11 nitrogen and oxygen atoms in total. The summed E-state index contributed by atoms with van der Waals surface area (Å²) >= 11 is 0. The van der Waals surface area contributed by atoms with Gasteiger partial charge >= 0.3 is 0 Å². The quantitative estimate of drug-likeness (QED) is 0.291. The molecule has 4 rings (SSSR count). The zero-order valence-corrected chi connectivity index (χ0v) is 18.4. The molecule has 0 spiro atoms. The molecule has 0 atom stereocenters. The molecule has 2 aromatic rings. The molecule has 0 radical (unpaired) electrons. The van der Waals surface area contributed by atoms with Gasteiger partial charge in [-0.3, -0.25) is 34.6 Å². The van der Waals surface area contributed by atoms with Crippen LogP contribution in [0.5, 0.6) is 0 Å². The van der Waals surface area contributed by atoms with Gasteiger partial charge in [-0.25, -0.2) is 0 Å². The van der Waals surface area contributed by atoms with Crippen molar-refractivity contribution in [3.63, 3.8) is 0 Å². The monoisotopic (exact) mass is 468 g/mol. The van der Waals surface area contributed by atoms with Crippen LogP contribution in [0.25, 0.3) is 0 Å². The maximum atomic E-state index is 12.1. The lowest BCUT2D eigenvalue weighted by molar-refractivity contribution is -0.385. The third-order valence-corrected chi connectivity index (χ3v) is 5.65. The molecule has 0 saturated carbocycles. The van der Waals surface area contributed by atoms with Crippen molar-refractivity contribution >= 4 is 34.5 Å². The Balaban J connectivity index is 0.000000202. The van der Waals surface area contributed by atoms with Gasteiger partial charge in [-0.1, -0.05) is 25.0 Å². The average Bonchev–Trinajstić information content (AvgIpc) is 2.99. The van der Waals surface area contributed by atoms with Gasteiger partial charge in [0.25, 0.3) is 23.1 Å². The Hall–Kier alpha value is -3.99. The summed E-state index contributed by atoms with van der Waals surface area (Å²) < 4.78 is 0. The molecule has 11 heteroatoms. The largest absolute Gasteiger partial charge is 0.318 e. The van der Waals surface area contributed by atoms with Crippen molar-refractivity contribution < 1.29 is 24.2 Å². The number of Topliss-reactive ketones (excluding diaryl/α,β-unsaturated/α-hetero) is 2. The summed E-state index contributed by atoms with van der Waals surface area (Å²) in [5, 5.41) is 23.4. The minimum Gasteiger partial charge on any atom is -0.318 e. The van der Waals surface area contributed by atoms with Gasteiger partial charge in [0.2, 0.25) is 0 Å². The molecule has 1 fully saturated rings. The zero-order valence-electron chi connectivity index (χ0n) is 18.4. The Morgan fingerprint density at radius 2 is 1.56 bits per heavy atom. The maximum Gasteiger partial charge on any atom is 0.296 e. The Morgan fingerprint density at radius 3 is 2.21 bits per heavy atom. The van der Waals surface area contributed by atoms with E-state index in [1.54, 1.807) is 12.1 Å². The second-order valence-corrected chi connectivity index (χ2v) is 8.01. The Labute approximate surface area is 195 Å². The van der Waals surface area contributed by atoms with E-state index in [4.69, 9.17) is 0 Å². The number of anilines is 1. The molecule has 1 amide bonds. The Bertz CT molecular complexity index is 1120. The lowest BCUT2D eigenvalue weighted by Crippen LogP contribution is -2.27. The zero-order chi connectivity index (χ0) is 24.7. The Kier molecular flexibility index (Phi) is 8.14. The fourth-order valence-corrected chi connectivity index (χ4v) is 3.80. The van der Waals surface area contributed by atoms with Crippen LogP contribution in [0.2, 0.25) is 0 Å². The topological polar surface area (TPSA) is 153 Å². The molecule has 1 N–H and O–H groups in total. The summed E-state index contributed by atoms with van der Waals surface area (Å²) in [7, 11) is 0. The van der Waals surface area contributed by atoms with Gasteiger partial charge in [-0.15, -0.1) is 0 Å². The van der Waals surface area contributed by atoms with E-state index < -0.39 is 21.5 Å². The van der Waals surface area contributed by atoms with Crippen LogP contribution in [0, 0.1) is 20.2 Å². The number of nitro groups is 2. The van der Waals surface area contributed by atoms with E-state index in [-0.39, 0.29) is 22.7 Å². The fourth-order valence-electron chi connectivity index (χ4n) is 3.80. The summed E-state index contributed by atoms with van der Waals surface area (Å²) in [5.74, 6) is -1.50. The molecule has 2 aliphatic rings. The van der Waals surface area contributed by atoms with Crippen LogP contribution in [-0.4, -0.2) is 51.9 Å². The first-order valence-electron chi connectivity index (χ1n) is 10.9. The molecule has 1 saturated heterocycles. The number of nitro benzene ring substituents is 2. The first-order chi connectivity index (χ1) is 16.3. The van der Waals surface area contributed by atoms with Crippen molar-refractivity contribution in [2.24, 2.45) is 0 Å². The predicted octanol–water partition coefficient (Wildman–Crippen LogP) is 3.77. The predicted molar refractivity (Wildman–Crippen MR) is 123 cm³/mol. The Morgan fingerprint density at radius 1 is 0.912 bits per heavy atom. The number of non-ortho nitro benzene ring substituents is 2. The number of rotatable bonds is 6. The number of ketones is 2. The van der Waals surface area contributed by atoms with Crippen LogP contribution >= 0.6 is 0 Å². The molecule has 2 aromatic carbocycles. The number of hydrogen-bond donors (Lipinski definition) is 1. The molecular weight excluding hydrogens is 444 g/mol. The summed E-state index contributed by atoms with van der Waals surface area (Å²) in [6.07, 6.45) is 5.38. The van der Waals surface area contributed by atoms with Crippen LogP contribution in [-0.2, 0) is 4.79 Å². The highest BCUT2D eigenvalue weighted by atomic mass is 16.6. The number of likely N-dealkylation sites (tertiary alicyclic amines) is 1. The number of fused-ring (bicyclic) bond motifs is 1. The van der Waals surface area contributed by atoms with Crippen molar-refractivity contribution in [3.05, 3.63) is 73.8 Å². The second-order valence-electron chi connectivity index (χ2n) is 8.01. The molecule has 0 aromatic heterocycles. The molecule has 178 valence electrons. The van der Waals surface area contributed by atoms with Gasteiger partial charge in [0.1, 0.15) is 0 Å². The number of carbonyl (C=O) groups is 3. The molecule has 2 aliphatic heterocycles. The van der Waals surface area contributed by atoms with E-state index in [0.717, 1.165) is 25.7 Å². The van der Waals surface area contributed by atoms with E-state index in [9.17, 15) is 34.6 Å². The van der Waals surface area contributed by atoms with E-state index in [1.165, 1.54) is 49.9 Å². The number of nitrogens with one attached hydrogen (secondary N) is 1. The minimum atomic E-state index is -0.750. The van der Waals surface area contributed by atoms with E-state index >= 15 is 0 Å². The third kappa shape index (κ3) is 6.29. The standard InChI is InChI=1S/C15H20N2O3.C8H4N2O4/c18-15(8-11-16-9-3-1-2-4-10-16)13-6-5-7-14(12-13)17(19)20;11-7-5-3-4(10(13)14)1-2-6(5)9-8(7)12/h5-7,12H,1-4,8-11H2;1-3H,(H,9,11,12). The van der Waals surface area contributed by atoms with Crippen molar-refractivity contribution in [2.45, 2.75) is 32.1 Å². The summed E-state index contributed by atoms with van der Waals surface area (Å²) in [6.45, 7) is 2.87. The highest BCUT2D eigenvalue weighted by Crippen LogP contribution is 2.26. The van der Waals surface area contributed by atoms with Crippen LogP contribution < -0.4 is 5.32 Å². The number of benzene rings is 2. The summed E-state index contributed by atoms with van der Waals surface area (Å²) in [5.41, 5.74) is 0.600. The van der Waals surface area contributed by atoms with Crippen LogP contribution in [0.15, 0.2) is 42.5 Å². The minimum absolute atomic E-state index is 0.0158. The first-order valence-corrected chi connectivity index (χ1v) is 10.9. The third-order valence-electron chi connectivity index (χ3n) is 5.65. The van der Waals surface area contributed by atoms with Gasteiger partial charge in [0.05, 0.1) is 21.1 Å². The highest BCUT2D eigenvalue weighted by Gasteiger charge is 2.29. The summed E-state index contributed by atoms with van der Waals surface area (Å²) in [4.78, 5) is 56.4. The van der Waals surface area contributed by atoms with Crippen molar-refractivity contribution in [3.8, 4) is 0 Å². The number of carbonyl (C=O) groups excluding carboxylic acids is 3. The van der Waals surface area contributed by atoms with Crippen LogP contribution in [0.1, 0.15) is 52.8 Å². The first kappa shape index (κ1) is 24.6. The van der Waals surface area contributed by atoms with E-state index in [2.05, 4.69) is 10.2 Å². The molecule has 0 bridgehead atoms. The molecular formula is C23H24N4O7. The van der Waals surface area contributed by atoms with Crippen LogP contribution in [0.3, 0.4) is 0 Å². The fraction of sp³-hybridized carbons (Fsp3) is 0.348. The second kappa shape index (κ2) is 11.2. The lowest BCUT2D eigenvalue weighted by atomic mass is 10.1. The SMILES string of the molecule is O=C(CCN1CCCCCC1)c1cccc([N+](=O)[O-])c1.O=C1Nc2ccc([N+](=O)[O-])cc2C1=O. The van der Waals surface area contributed by atoms with Gasteiger partial charge in [-0.05, 0) is 32.0 Å². The normalized spacial score (nSPS) is 15.4. The highest BCUT2D eigenvalue weighted by molar-refractivity contribution is 6.51. The van der Waals surface area contributed by atoms with Crippen LogP contribution in [0.4, 0.5) is 17.1 Å². The van der Waals surface area contributed by atoms with Crippen molar-refractivity contribution in [1.29, 1.82) is 0 Å². The van der Waals surface area contributed by atoms with Crippen molar-refractivity contribution in [1.82, 2.24) is 4.90 Å². The number of hydrogen-bond acceptors (Lipinski definition) is 8. The van der Waals surface area contributed by atoms with Gasteiger partial charge in [0.15, 0.2) is 5.78 Å². The number of amides is 1. The van der Waals surface area contributed by atoms with E-state index in [1.807, 2.05) is 0 Å². The average molecular weight is 468 g/mol. The molecule has 0 unspecified atom stereocenters. The lowest BCUT2D eigenvalue weighted by Gasteiger charge is -2.18. The molecule has 0 aliphatic carbocycles. The van der Waals surface area contributed by atoms with E-state index in [0.29, 0.717) is 17.7 Å². The smallest absolute Gasteiger partial charge is 0.296 e. The number of nitrogens with zero attached hydrogens (tertiary/aromatic N) is 3. The molecule has 34 heavy (non-hydrogen) atoms.